The van der Waals surface area contributed by atoms with E-state index in [9.17, 15) is 34.8 Å². The number of allylic oxidation sites excluding steroid dienone is 1. The van der Waals surface area contributed by atoms with Crippen molar-refractivity contribution in [1.29, 1.82) is 0 Å². The average Bonchev–Trinajstić information content (AvgIpc) is 2.85. The Morgan fingerprint density at radius 1 is 1.18 bits per heavy atom. The second-order valence-electron chi connectivity index (χ2n) is 12.1. The Hall–Kier alpha value is -3.41. The molecule has 11 heteroatoms. The minimum Gasteiger partial charge on any atom is -0.510 e. The summed E-state index contributed by atoms with van der Waals surface area (Å²) in [6.07, 6.45) is 1.18. The number of benzene rings is 1. The van der Waals surface area contributed by atoms with Gasteiger partial charge in [-0.25, -0.2) is 0 Å². The van der Waals surface area contributed by atoms with Gasteiger partial charge < -0.3 is 31.1 Å². The highest BCUT2D eigenvalue weighted by Gasteiger charge is 2.63. The van der Waals surface area contributed by atoms with E-state index in [-0.39, 0.29) is 41.8 Å². The van der Waals surface area contributed by atoms with Crippen LogP contribution in [-0.4, -0.2) is 100 Å². The van der Waals surface area contributed by atoms with E-state index >= 15 is 0 Å². The van der Waals surface area contributed by atoms with Crippen LogP contribution >= 0.6 is 0 Å². The predicted octanol–water partition coefficient (Wildman–Crippen LogP) is 1.34. The van der Waals surface area contributed by atoms with E-state index in [0.717, 1.165) is 24.2 Å². The van der Waals surface area contributed by atoms with Crippen LogP contribution in [0.4, 0.5) is 5.69 Å². The molecule has 1 aromatic rings. The number of likely N-dealkylation sites (N-methyl/N-ethyl adjacent to an activating group) is 1. The van der Waals surface area contributed by atoms with Crippen LogP contribution in [0, 0.1) is 11.8 Å². The highest BCUT2D eigenvalue weighted by Crippen LogP contribution is 2.54. The topological polar surface area (TPSA) is 168 Å². The number of hydrogen-bond acceptors (Lipinski definition) is 10. The van der Waals surface area contributed by atoms with Crippen molar-refractivity contribution in [2.24, 2.45) is 17.6 Å². The number of fused-ring (bicyclic) bond motifs is 5. The first kappa shape index (κ1) is 28.1. The number of aliphatic hydroxyl groups excluding tert-OH is 2. The van der Waals surface area contributed by atoms with E-state index in [1.165, 1.54) is 0 Å². The number of hydrogen-bond donors (Lipinski definition) is 5. The molecule has 1 amide bonds. The first-order chi connectivity index (χ1) is 18.6. The van der Waals surface area contributed by atoms with Crippen molar-refractivity contribution in [1.82, 2.24) is 9.80 Å². The Bertz CT molecular complexity index is 1400. The predicted molar refractivity (Wildman–Crippen MR) is 147 cm³/mol. The van der Waals surface area contributed by atoms with E-state index in [2.05, 4.69) is 23.6 Å². The smallest absolute Gasteiger partial charge is 0.255 e. The molecule has 0 aromatic heterocycles. The summed E-state index contributed by atoms with van der Waals surface area (Å²) in [6, 6.07) is 0.878. The van der Waals surface area contributed by atoms with Crippen LogP contribution in [0.25, 0.3) is 0 Å². The number of aromatic hydroxyl groups is 1. The van der Waals surface area contributed by atoms with Gasteiger partial charge in [0.2, 0.25) is 5.78 Å². The zero-order chi connectivity index (χ0) is 29.6. The lowest BCUT2D eigenvalue weighted by molar-refractivity contribution is -0.148. The van der Waals surface area contributed by atoms with Crippen molar-refractivity contribution in [2.75, 3.05) is 39.6 Å². The molecule has 216 valence electrons. The number of primary amides is 1. The molecule has 1 aliphatic heterocycles. The second-order valence-corrected chi connectivity index (χ2v) is 12.1. The number of phenols is 1. The number of anilines is 1. The Balaban J connectivity index is 1.71. The quantitative estimate of drug-likeness (QED) is 0.343. The number of phenolic OH excluding ortho intramolecular Hbond substituents is 1. The normalized spacial score (nSPS) is 30.1. The minimum atomic E-state index is -2.64. The van der Waals surface area contributed by atoms with Gasteiger partial charge in [-0.1, -0.05) is 0 Å². The average molecular weight is 555 g/mol. The molecule has 4 aliphatic rings. The molecule has 11 nitrogen and oxygen atoms in total. The van der Waals surface area contributed by atoms with Gasteiger partial charge in [-0.15, -0.1) is 0 Å². The molecular formula is C29H38N4O7. The maximum absolute atomic E-state index is 14.0. The fourth-order valence-electron chi connectivity index (χ4n) is 7.41. The standard InChI is InChI=1S/C29H38N4O7/c1-12(2)33(6)17-7-8-32(5)22-14(17)11-18(34)20-15(22)9-13-10-16-23(31(3)4)25(36)21(28(30)39)27(38)29(16,40)26(37)19(13)24(20)35/h11-13,16-17,23,34,36-37,40H,7-10H2,1-6H3,(H2,30,39)/t13-,16-,17?,23-,29+/m1/s1. The SMILES string of the molecule is CC(C)N(C)C1CCN(C)c2c1cc(O)c1c2C[C@@H]2C[C@@H]3[C@@H](N(C)C)C(O)=C(C(N)=O)C(=O)[C@@]3(O)C(O)=C2C1=O. The maximum atomic E-state index is 14.0. The van der Waals surface area contributed by atoms with E-state index in [4.69, 9.17) is 5.73 Å². The molecule has 1 aromatic carbocycles. The van der Waals surface area contributed by atoms with Crippen molar-refractivity contribution in [3.8, 4) is 5.75 Å². The maximum Gasteiger partial charge on any atom is 0.255 e. The molecule has 0 fully saturated rings. The van der Waals surface area contributed by atoms with Crippen LogP contribution in [0.15, 0.2) is 28.7 Å². The van der Waals surface area contributed by atoms with Gasteiger partial charge in [0, 0.05) is 42.9 Å². The Morgan fingerprint density at radius 3 is 2.40 bits per heavy atom. The summed E-state index contributed by atoms with van der Waals surface area (Å²) >= 11 is 0. The summed E-state index contributed by atoms with van der Waals surface area (Å²) in [5, 5.41) is 45.4. The summed E-state index contributed by atoms with van der Waals surface area (Å²) in [5.41, 5.74) is 4.28. The molecule has 0 spiro atoms. The monoisotopic (exact) mass is 554 g/mol. The van der Waals surface area contributed by atoms with E-state index in [1.807, 2.05) is 14.1 Å². The van der Waals surface area contributed by atoms with Crippen molar-refractivity contribution < 1.29 is 34.8 Å². The molecule has 40 heavy (non-hydrogen) atoms. The molecule has 5 atom stereocenters. The number of aliphatic hydroxyl groups is 3. The van der Waals surface area contributed by atoms with E-state index in [0.29, 0.717) is 5.56 Å². The second kappa shape index (κ2) is 9.32. The molecule has 6 N–H and O–H groups in total. The first-order valence-corrected chi connectivity index (χ1v) is 13.6. The number of nitrogens with zero attached hydrogens (tertiary/aromatic N) is 3. The van der Waals surface area contributed by atoms with E-state index in [1.54, 1.807) is 25.1 Å². The fraction of sp³-hybridized carbons (Fsp3) is 0.552. The number of carbonyl (C=O) groups excluding carboxylic acids is 3. The molecule has 1 unspecified atom stereocenters. The molecule has 0 saturated carbocycles. The van der Waals surface area contributed by atoms with Gasteiger partial charge in [0.05, 0.1) is 11.6 Å². The van der Waals surface area contributed by atoms with Crippen LogP contribution in [-0.2, 0) is 16.0 Å². The van der Waals surface area contributed by atoms with Crippen molar-refractivity contribution in [3.05, 3.63) is 45.4 Å². The minimum absolute atomic E-state index is 0.0303. The Morgan fingerprint density at radius 2 is 1.82 bits per heavy atom. The molecule has 0 saturated heterocycles. The van der Waals surface area contributed by atoms with E-state index < -0.39 is 58.0 Å². The Labute approximate surface area is 233 Å². The number of carbonyl (C=O) groups is 3. The zero-order valence-electron chi connectivity index (χ0n) is 23.7. The lowest BCUT2D eigenvalue weighted by Crippen LogP contribution is -2.63. The van der Waals surface area contributed by atoms with Crippen LogP contribution in [0.2, 0.25) is 0 Å². The van der Waals surface area contributed by atoms with Crippen LogP contribution in [0.5, 0.6) is 5.75 Å². The molecule has 1 heterocycles. The van der Waals surface area contributed by atoms with Gasteiger partial charge in [-0.2, -0.15) is 0 Å². The highest BCUT2D eigenvalue weighted by atomic mass is 16.3. The van der Waals surface area contributed by atoms with Crippen molar-refractivity contribution in [3.63, 3.8) is 0 Å². The summed E-state index contributed by atoms with van der Waals surface area (Å²) in [5.74, 6) is -6.46. The molecular weight excluding hydrogens is 516 g/mol. The fourth-order valence-corrected chi connectivity index (χ4v) is 7.41. The first-order valence-electron chi connectivity index (χ1n) is 13.6. The number of nitrogens with two attached hydrogens (primary N) is 1. The highest BCUT2D eigenvalue weighted by molar-refractivity contribution is 6.24. The summed E-state index contributed by atoms with van der Waals surface area (Å²) < 4.78 is 0. The van der Waals surface area contributed by atoms with Crippen LogP contribution in [0.3, 0.4) is 0 Å². The number of Topliss-reactive ketones (excluding diaryl/α,β-unsaturated/α-hetero) is 2. The Kier molecular flexibility index (Phi) is 6.56. The van der Waals surface area contributed by atoms with Crippen LogP contribution in [0.1, 0.15) is 54.2 Å². The molecule has 0 radical (unpaired) electrons. The van der Waals surface area contributed by atoms with Gasteiger partial charge >= 0.3 is 0 Å². The third-order valence-corrected chi connectivity index (χ3v) is 9.51. The van der Waals surface area contributed by atoms with Gasteiger partial charge in [-0.3, -0.25) is 24.2 Å². The molecule has 5 rings (SSSR count). The van der Waals surface area contributed by atoms with Gasteiger partial charge in [0.1, 0.15) is 22.8 Å². The lowest BCUT2D eigenvalue weighted by Gasteiger charge is -2.50. The molecule has 3 aliphatic carbocycles. The third kappa shape index (κ3) is 3.64. The third-order valence-electron chi connectivity index (χ3n) is 9.51. The summed E-state index contributed by atoms with van der Waals surface area (Å²) in [4.78, 5) is 45.5. The van der Waals surface area contributed by atoms with Gasteiger partial charge in [-0.05, 0) is 77.4 Å². The number of amides is 1. The zero-order valence-corrected chi connectivity index (χ0v) is 23.7. The van der Waals surface area contributed by atoms with Crippen molar-refractivity contribution in [2.45, 2.75) is 56.8 Å². The summed E-state index contributed by atoms with van der Waals surface area (Å²) in [6.45, 7) is 4.94. The largest absolute Gasteiger partial charge is 0.510 e. The number of ketones is 2. The summed E-state index contributed by atoms with van der Waals surface area (Å²) in [7, 11) is 7.21. The lowest BCUT2D eigenvalue weighted by atomic mass is 9.58. The van der Waals surface area contributed by atoms with Crippen molar-refractivity contribution >= 4 is 23.2 Å². The van der Waals surface area contributed by atoms with Crippen LogP contribution < -0.4 is 10.6 Å². The number of rotatable bonds is 4. The van der Waals surface area contributed by atoms with Gasteiger partial charge in [0.25, 0.3) is 5.91 Å². The molecule has 0 bridgehead atoms. The van der Waals surface area contributed by atoms with Gasteiger partial charge in [0.15, 0.2) is 11.4 Å².